The van der Waals surface area contributed by atoms with Crippen LogP contribution in [0.15, 0.2) is 24.1 Å². The highest BCUT2D eigenvalue weighted by Crippen LogP contribution is 1.97. The molecule has 0 atom stereocenters. The molecule has 1 aliphatic rings. The van der Waals surface area contributed by atoms with Gasteiger partial charge in [-0.05, 0) is 12.2 Å². The van der Waals surface area contributed by atoms with Crippen molar-refractivity contribution in [2.75, 3.05) is 6.61 Å². The minimum Gasteiger partial charge on any atom is -0.497 e. The highest BCUT2D eigenvalue weighted by atomic mass is 16.5. The van der Waals surface area contributed by atoms with Gasteiger partial charge in [0, 0.05) is 12.7 Å². The van der Waals surface area contributed by atoms with Crippen LogP contribution in [0.5, 0.6) is 0 Å². The standard InChI is InChI=1S/C6H8NO/c1-7-6-2-4-8-5-3-6/h2-4,7H,1,5H2. The quantitative estimate of drug-likeness (QED) is 0.539. The molecule has 1 heterocycles. The third kappa shape index (κ3) is 1.03. The van der Waals surface area contributed by atoms with E-state index >= 15 is 0 Å². The maximum Gasteiger partial charge on any atom is 0.108 e. The Labute approximate surface area is 48.8 Å². The molecule has 8 heavy (non-hydrogen) atoms. The van der Waals surface area contributed by atoms with Crippen molar-refractivity contribution in [3.05, 3.63) is 31.2 Å². The summed E-state index contributed by atoms with van der Waals surface area (Å²) in [6.07, 6.45) is 5.40. The summed E-state index contributed by atoms with van der Waals surface area (Å²) in [4.78, 5) is 0. The second kappa shape index (κ2) is 2.40. The van der Waals surface area contributed by atoms with Gasteiger partial charge in [-0.1, -0.05) is 0 Å². The first kappa shape index (κ1) is 5.22. The van der Waals surface area contributed by atoms with E-state index in [-0.39, 0.29) is 0 Å². The Morgan fingerprint density at radius 2 is 2.62 bits per heavy atom. The van der Waals surface area contributed by atoms with Crippen molar-refractivity contribution in [2.45, 2.75) is 0 Å². The van der Waals surface area contributed by atoms with Gasteiger partial charge < -0.3 is 10.1 Å². The van der Waals surface area contributed by atoms with Gasteiger partial charge >= 0.3 is 0 Å². The normalized spacial score (nSPS) is 16.9. The molecule has 0 spiro atoms. The molecule has 0 amide bonds. The van der Waals surface area contributed by atoms with Crippen LogP contribution < -0.4 is 5.32 Å². The van der Waals surface area contributed by atoms with Crippen LogP contribution in [0.4, 0.5) is 0 Å². The predicted octanol–water partition coefficient (Wildman–Crippen LogP) is 0.795. The molecule has 0 unspecified atom stereocenters. The van der Waals surface area contributed by atoms with Crippen molar-refractivity contribution in [3.63, 3.8) is 0 Å². The minimum atomic E-state index is 0.647. The van der Waals surface area contributed by atoms with Crippen molar-refractivity contribution in [3.8, 4) is 0 Å². The molecule has 43 valence electrons. The summed E-state index contributed by atoms with van der Waals surface area (Å²) in [5, 5.41) is 2.75. The number of hydrogen-bond acceptors (Lipinski definition) is 2. The van der Waals surface area contributed by atoms with Gasteiger partial charge in [-0.25, -0.2) is 0 Å². The van der Waals surface area contributed by atoms with Gasteiger partial charge in [-0.3, -0.25) is 0 Å². The summed E-state index contributed by atoms with van der Waals surface area (Å²) in [6, 6.07) is 0. The van der Waals surface area contributed by atoms with Gasteiger partial charge in [-0.2, -0.15) is 0 Å². The maximum absolute atomic E-state index is 4.88. The fraction of sp³-hybridized carbons (Fsp3) is 0.167. The number of rotatable bonds is 1. The maximum atomic E-state index is 4.88. The van der Waals surface area contributed by atoms with Gasteiger partial charge in [0.1, 0.15) is 6.61 Å². The average Bonchev–Trinajstić information content (AvgIpc) is 1.90. The molecule has 1 N–H and O–H groups in total. The summed E-state index contributed by atoms with van der Waals surface area (Å²) in [6.45, 7) is 0.647. The van der Waals surface area contributed by atoms with Crippen molar-refractivity contribution in [1.82, 2.24) is 5.32 Å². The van der Waals surface area contributed by atoms with Gasteiger partial charge in [0.05, 0.1) is 6.26 Å². The van der Waals surface area contributed by atoms with Gasteiger partial charge in [-0.15, -0.1) is 0 Å². The lowest BCUT2D eigenvalue weighted by Gasteiger charge is -2.05. The molecule has 0 aromatic rings. The van der Waals surface area contributed by atoms with Crippen LogP contribution in [0.1, 0.15) is 0 Å². The first-order chi connectivity index (χ1) is 3.93. The second-order valence-electron chi connectivity index (χ2n) is 1.47. The first-order valence-electron chi connectivity index (χ1n) is 2.45. The minimum absolute atomic E-state index is 0.647. The SMILES string of the molecule is [CH2]NC1=CCOC=C1. The Bertz CT molecular complexity index is 126. The Hall–Kier alpha value is -0.920. The fourth-order valence-corrected chi connectivity index (χ4v) is 0.514. The molecule has 2 nitrogen and oxygen atoms in total. The molecule has 1 rings (SSSR count). The summed E-state index contributed by atoms with van der Waals surface area (Å²) in [7, 11) is 3.48. The van der Waals surface area contributed by atoms with Gasteiger partial charge in [0.15, 0.2) is 0 Å². The van der Waals surface area contributed by atoms with E-state index in [1.165, 1.54) is 0 Å². The molecular formula is C6H8NO. The van der Waals surface area contributed by atoms with E-state index in [0.29, 0.717) is 6.61 Å². The largest absolute Gasteiger partial charge is 0.497 e. The molecule has 0 saturated heterocycles. The third-order valence-corrected chi connectivity index (χ3v) is 0.947. The molecule has 0 fully saturated rings. The van der Waals surface area contributed by atoms with Crippen LogP contribution >= 0.6 is 0 Å². The zero-order chi connectivity index (χ0) is 5.82. The van der Waals surface area contributed by atoms with Crippen molar-refractivity contribution < 1.29 is 4.74 Å². The monoisotopic (exact) mass is 110 g/mol. The van der Waals surface area contributed by atoms with Crippen molar-refractivity contribution >= 4 is 0 Å². The van der Waals surface area contributed by atoms with Crippen LogP contribution in [0, 0.1) is 7.05 Å². The molecule has 1 aliphatic heterocycles. The van der Waals surface area contributed by atoms with E-state index in [2.05, 4.69) is 12.4 Å². The lowest BCUT2D eigenvalue weighted by Crippen LogP contribution is -2.04. The zero-order valence-electron chi connectivity index (χ0n) is 4.55. The average molecular weight is 110 g/mol. The number of nitrogens with one attached hydrogen (secondary N) is 1. The third-order valence-electron chi connectivity index (χ3n) is 0.947. The molecule has 0 aliphatic carbocycles. The summed E-state index contributed by atoms with van der Waals surface area (Å²) >= 11 is 0. The first-order valence-corrected chi connectivity index (χ1v) is 2.45. The number of hydrogen-bond donors (Lipinski definition) is 1. The lowest BCUT2D eigenvalue weighted by atomic mass is 10.4. The van der Waals surface area contributed by atoms with Crippen LogP contribution in [0.2, 0.25) is 0 Å². The van der Waals surface area contributed by atoms with E-state index in [1.807, 2.05) is 12.2 Å². The van der Waals surface area contributed by atoms with Crippen molar-refractivity contribution in [1.29, 1.82) is 0 Å². The van der Waals surface area contributed by atoms with Crippen LogP contribution in [-0.2, 0) is 4.74 Å². The van der Waals surface area contributed by atoms with E-state index < -0.39 is 0 Å². The highest BCUT2D eigenvalue weighted by molar-refractivity contribution is 5.17. The summed E-state index contributed by atoms with van der Waals surface area (Å²) in [5.74, 6) is 0. The highest BCUT2D eigenvalue weighted by Gasteiger charge is 1.90. The molecule has 0 aromatic heterocycles. The second-order valence-corrected chi connectivity index (χ2v) is 1.47. The van der Waals surface area contributed by atoms with E-state index in [0.717, 1.165) is 5.70 Å². The van der Waals surface area contributed by atoms with Gasteiger partial charge in [0.25, 0.3) is 0 Å². The molecule has 0 saturated carbocycles. The smallest absolute Gasteiger partial charge is 0.108 e. The topological polar surface area (TPSA) is 21.3 Å². The Kier molecular flexibility index (Phi) is 1.57. The molecule has 0 aromatic carbocycles. The Morgan fingerprint density at radius 1 is 1.75 bits per heavy atom. The molecule has 0 bridgehead atoms. The van der Waals surface area contributed by atoms with Gasteiger partial charge in [0.2, 0.25) is 0 Å². The summed E-state index contributed by atoms with van der Waals surface area (Å²) in [5.41, 5.74) is 1.01. The predicted molar refractivity (Wildman–Crippen MR) is 31.7 cm³/mol. The summed E-state index contributed by atoms with van der Waals surface area (Å²) < 4.78 is 4.88. The fourth-order valence-electron chi connectivity index (χ4n) is 0.514. The number of allylic oxidation sites excluding steroid dienone is 1. The van der Waals surface area contributed by atoms with Crippen LogP contribution in [0.25, 0.3) is 0 Å². The lowest BCUT2D eigenvalue weighted by molar-refractivity contribution is 0.283. The Balaban J connectivity index is 2.51. The Morgan fingerprint density at radius 3 is 3.00 bits per heavy atom. The number of ether oxygens (including phenoxy) is 1. The van der Waals surface area contributed by atoms with Crippen molar-refractivity contribution in [2.24, 2.45) is 0 Å². The van der Waals surface area contributed by atoms with E-state index in [9.17, 15) is 0 Å². The van der Waals surface area contributed by atoms with Crippen LogP contribution in [-0.4, -0.2) is 6.61 Å². The molecular weight excluding hydrogens is 102 g/mol. The van der Waals surface area contributed by atoms with Crippen LogP contribution in [0.3, 0.4) is 0 Å². The van der Waals surface area contributed by atoms with E-state index in [1.54, 1.807) is 6.26 Å². The molecule has 1 radical (unpaired) electrons. The van der Waals surface area contributed by atoms with E-state index in [4.69, 9.17) is 4.74 Å². The molecule has 2 heteroatoms. The zero-order valence-corrected chi connectivity index (χ0v) is 4.55.